The topological polar surface area (TPSA) is 79.5 Å². The molecule has 0 radical (unpaired) electrons. The molecule has 2 unspecified atom stereocenters. The summed E-state index contributed by atoms with van der Waals surface area (Å²) in [4.78, 5) is 23.5. The van der Waals surface area contributed by atoms with Gasteiger partial charge in [0.25, 0.3) is 0 Å². The van der Waals surface area contributed by atoms with Gasteiger partial charge in [-0.25, -0.2) is 10.9 Å². The second kappa shape index (κ2) is 7.91. The molecule has 22 heavy (non-hydrogen) atoms. The number of hydrogen-bond donors (Lipinski definition) is 3. The summed E-state index contributed by atoms with van der Waals surface area (Å²) < 4.78 is 5.01. The van der Waals surface area contributed by atoms with Crippen LogP contribution in [0.15, 0.2) is 30.3 Å². The van der Waals surface area contributed by atoms with Crippen LogP contribution in [0.5, 0.6) is 0 Å². The van der Waals surface area contributed by atoms with E-state index in [2.05, 4.69) is 16.2 Å². The monoisotopic (exact) mass is 305 g/mol. The molecule has 1 saturated heterocycles. The van der Waals surface area contributed by atoms with Crippen molar-refractivity contribution in [2.24, 2.45) is 0 Å². The van der Waals surface area contributed by atoms with Gasteiger partial charge in [-0.05, 0) is 25.8 Å². The van der Waals surface area contributed by atoms with Crippen molar-refractivity contribution in [2.75, 3.05) is 6.54 Å². The van der Waals surface area contributed by atoms with Gasteiger partial charge in [-0.1, -0.05) is 30.3 Å². The van der Waals surface area contributed by atoms with Gasteiger partial charge in [0.05, 0.1) is 12.5 Å². The summed E-state index contributed by atoms with van der Waals surface area (Å²) in [6, 6.07) is 9.79. The Labute approximate surface area is 130 Å². The molecule has 6 nitrogen and oxygen atoms in total. The third-order valence-electron chi connectivity index (χ3n) is 3.42. The van der Waals surface area contributed by atoms with E-state index in [4.69, 9.17) is 4.74 Å². The van der Waals surface area contributed by atoms with Gasteiger partial charge in [0.15, 0.2) is 0 Å². The maximum Gasteiger partial charge on any atom is 0.307 e. The number of nitrogens with one attached hydrogen (secondary N) is 3. The average molecular weight is 305 g/mol. The molecule has 0 aliphatic carbocycles. The molecule has 0 spiro atoms. The molecule has 1 heterocycles. The normalized spacial score (nSPS) is 20.9. The number of rotatable bonds is 6. The van der Waals surface area contributed by atoms with Crippen LogP contribution in [0.4, 0.5) is 0 Å². The number of amides is 1. The number of hydrazine groups is 1. The third kappa shape index (κ3) is 4.82. The maximum atomic E-state index is 12.1. The van der Waals surface area contributed by atoms with E-state index in [-0.39, 0.29) is 36.5 Å². The van der Waals surface area contributed by atoms with Crippen LogP contribution in [0.3, 0.4) is 0 Å². The maximum absolute atomic E-state index is 12.1. The van der Waals surface area contributed by atoms with E-state index in [1.807, 2.05) is 30.3 Å². The minimum absolute atomic E-state index is 0.108. The first kappa shape index (κ1) is 16.5. The van der Waals surface area contributed by atoms with Crippen LogP contribution in [0, 0.1) is 0 Å². The van der Waals surface area contributed by atoms with E-state index in [0.29, 0.717) is 13.0 Å². The zero-order chi connectivity index (χ0) is 15.9. The summed E-state index contributed by atoms with van der Waals surface area (Å²) in [5.74, 6) is -0.404. The smallest absolute Gasteiger partial charge is 0.307 e. The molecule has 1 aromatic carbocycles. The lowest BCUT2D eigenvalue weighted by Gasteiger charge is -2.11. The van der Waals surface area contributed by atoms with E-state index in [1.165, 1.54) is 0 Å². The molecule has 2 rings (SSSR count). The first-order valence-corrected chi connectivity index (χ1v) is 7.59. The van der Waals surface area contributed by atoms with Crippen molar-refractivity contribution in [3.63, 3.8) is 0 Å². The van der Waals surface area contributed by atoms with E-state index >= 15 is 0 Å². The number of ether oxygens (including phenoxy) is 1. The largest absolute Gasteiger partial charge is 0.463 e. The molecule has 0 saturated carbocycles. The van der Waals surface area contributed by atoms with Gasteiger partial charge in [0, 0.05) is 12.6 Å². The average Bonchev–Trinajstić information content (AvgIpc) is 2.97. The summed E-state index contributed by atoms with van der Waals surface area (Å²) in [5, 5.41) is 2.76. The predicted molar refractivity (Wildman–Crippen MR) is 82.7 cm³/mol. The Kier molecular flexibility index (Phi) is 5.91. The number of benzene rings is 1. The van der Waals surface area contributed by atoms with Gasteiger partial charge in [-0.15, -0.1) is 0 Å². The van der Waals surface area contributed by atoms with Gasteiger partial charge < -0.3 is 10.1 Å². The fourth-order valence-electron chi connectivity index (χ4n) is 2.36. The second-order valence-corrected chi connectivity index (χ2v) is 5.62. The molecule has 3 N–H and O–H groups in total. The number of carbonyl (C=O) groups excluding carboxylic acids is 2. The first-order chi connectivity index (χ1) is 10.6. The molecular formula is C16H23N3O3. The van der Waals surface area contributed by atoms with Crippen molar-refractivity contribution in [1.29, 1.82) is 0 Å². The molecule has 0 aromatic heterocycles. The fraction of sp³-hybridized carbons (Fsp3) is 0.500. The number of esters is 1. The molecule has 1 fully saturated rings. The highest BCUT2D eigenvalue weighted by Crippen LogP contribution is 2.21. The van der Waals surface area contributed by atoms with Crippen molar-refractivity contribution >= 4 is 11.9 Å². The van der Waals surface area contributed by atoms with Crippen LogP contribution in [0.25, 0.3) is 0 Å². The molecule has 2 atom stereocenters. The van der Waals surface area contributed by atoms with Gasteiger partial charge in [-0.2, -0.15) is 0 Å². The Morgan fingerprint density at radius 2 is 2.00 bits per heavy atom. The Morgan fingerprint density at radius 3 is 2.68 bits per heavy atom. The van der Waals surface area contributed by atoms with Crippen LogP contribution >= 0.6 is 0 Å². The highest BCUT2D eigenvalue weighted by atomic mass is 16.5. The van der Waals surface area contributed by atoms with E-state index in [9.17, 15) is 9.59 Å². The number of carbonyl (C=O) groups is 2. The Bertz CT molecular complexity index is 505. The molecule has 1 amide bonds. The van der Waals surface area contributed by atoms with Gasteiger partial charge in [-0.3, -0.25) is 9.59 Å². The van der Waals surface area contributed by atoms with E-state index in [0.717, 1.165) is 5.56 Å². The van der Waals surface area contributed by atoms with E-state index < -0.39 is 0 Å². The minimum Gasteiger partial charge on any atom is -0.463 e. The van der Waals surface area contributed by atoms with Crippen molar-refractivity contribution < 1.29 is 14.3 Å². The molecule has 1 aliphatic rings. The van der Waals surface area contributed by atoms with Gasteiger partial charge in [0.1, 0.15) is 6.04 Å². The lowest BCUT2D eigenvalue weighted by atomic mass is 10.0. The molecule has 1 aliphatic heterocycles. The number of hydrogen-bond acceptors (Lipinski definition) is 5. The third-order valence-corrected chi connectivity index (χ3v) is 3.42. The highest BCUT2D eigenvalue weighted by Gasteiger charge is 2.29. The lowest BCUT2D eigenvalue weighted by molar-refractivity contribution is -0.147. The molecular weight excluding hydrogens is 282 g/mol. The summed E-state index contributed by atoms with van der Waals surface area (Å²) in [5.41, 5.74) is 7.27. The Hall–Kier alpha value is -1.92. The Morgan fingerprint density at radius 1 is 1.27 bits per heavy atom. The molecule has 0 bridgehead atoms. The SMILES string of the molecule is CC(C)OC(=O)CCNC(=O)C1CC(c2ccccc2)NN1. The zero-order valence-corrected chi connectivity index (χ0v) is 13.0. The van der Waals surface area contributed by atoms with Crippen molar-refractivity contribution in [1.82, 2.24) is 16.2 Å². The molecule has 120 valence electrons. The second-order valence-electron chi connectivity index (χ2n) is 5.62. The fourth-order valence-corrected chi connectivity index (χ4v) is 2.36. The summed E-state index contributed by atoms with van der Waals surface area (Å²) in [6.07, 6.45) is 0.730. The molecule has 6 heteroatoms. The quantitative estimate of drug-likeness (QED) is 0.685. The minimum atomic E-state index is -0.300. The van der Waals surface area contributed by atoms with E-state index in [1.54, 1.807) is 13.8 Å². The summed E-state index contributed by atoms with van der Waals surface area (Å²) in [6.45, 7) is 3.89. The van der Waals surface area contributed by atoms with Crippen LogP contribution in [0.1, 0.15) is 38.3 Å². The van der Waals surface area contributed by atoms with Crippen molar-refractivity contribution in [3.8, 4) is 0 Å². The lowest BCUT2D eigenvalue weighted by Crippen LogP contribution is -2.43. The predicted octanol–water partition coefficient (Wildman–Crippen LogP) is 1.05. The summed E-state index contributed by atoms with van der Waals surface area (Å²) >= 11 is 0. The van der Waals surface area contributed by atoms with Crippen LogP contribution in [-0.2, 0) is 14.3 Å². The van der Waals surface area contributed by atoms with Crippen molar-refractivity contribution in [3.05, 3.63) is 35.9 Å². The Balaban J connectivity index is 1.72. The molecule has 1 aromatic rings. The van der Waals surface area contributed by atoms with Crippen molar-refractivity contribution in [2.45, 2.75) is 44.9 Å². The van der Waals surface area contributed by atoms with Crippen LogP contribution in [0.2, 0.25) is 0 Å². The van der Waals surface area contributed by atoms with Gasteiger partial charge >= 0.3 is 5.97 Å². The standard InChI is InChI=1S/C16H23N3O3/c1-11(2)22-15(20)8-9-17-16(21)14-10-13(18-19-14)12-6-4-3-5-7-12/h3-7,11,13-14,18-19H,8-10H2,1-2H3,(H,17,21). The van der Waals surface area contributed by atoms with Crippen LogP contribution < -0.4 is 16.2 Å². The zero-order valence-electron chi connectivity index (χ0n) is 13.0. The summed E-state index contributed by atoms with van der Waals surface area (Å²) in [7, 11) is 0. The highest BCUT2D eigenvalue weighted by molar-refractivity contribution is 5.82. The first-order valence-electron chi connectivity index (χ1n) is 7.59. The van der Waals surface area contributed by atoms with Gasteiger partial charge in [0.2, 0.25) is 5.91 Å². The van der Waals surface area contributed by atoms with Crippen LogP contribution in [-0.4, -0.2) is 30.6 Å².